The first-order valence-corrected chi connectivity index (χ1v) is 7.10. The predicted octanol–water partition coefficient (Wildman–Crippen LogP) is 0.709. The summed E-state index contributed by atoms with van der Waals surface area (Å²) < 4.78 is 31.2. The Morgan fingerprint density at radius 3 is 2.72 bits per heavy atom. The third-order valence-corrected chi connectivity index (χ3v) is 4.73. The molecular weight excluding hydrogens is 254 g/mol. The number of nitrogens with two attached hydrogens (primary N) is 1. The van der Waals surface area contributed by atoms with Crippen LogP contribution < -0.4 is 5.73 Å². The molecule has 1 aromatic heterocycles. The topological polar surface area (TPSA) is 85.5 Å². The molecule has 0 aliphatic heterocycles. The van der Waals surface area contributed by atoms with Crippen molar-refractivity contribution in [3.05, 3.63) is 18.3 Å². The van der Waals surface area contributed by atoms with Gasteiger partial charge in [0, 0.05) is 25.9 Å². The molecule has 2 N–H and O–H groups in total. The number of hydrogen-bond acceptors (Lipinski definition) is 5. The average Bonchev–Trinajstić information content (AvgIpc) is 2.30. The lowest BCUT2D eigenvalue weighted by atomic mass is 10.4. The molecule has 7 heteroatoms. The fourth-order valence-electron chi connectivity index (χ4n) is 1.79. The Kier molecular flexibility index (Phi) is 5.06. The standard InChI is InChI=1S/C11H19N3O3S/c1-4-14(9(2)8-17-3)18(15,16)10-6-5-7-13-11(10)12/h5-7,9H,4,8H2,1-3H3,(H2,12,13). The van der Waals surface area contributed by atoms with Gasteiger partial charge >= 0.3 is 0 Å². The number of anilines is 1. The summed E-state index contributed by atoms with van der Waals surface area (Å²) in [7, 11) is -2.10. The van der Waals surface area contributed by atoms with Gasteiger partial charge in [-0.2, -0.15) is 4.31 Å². The SMILES string of the molecule is CCN(C(C)COC)S(=O)(=O)c1cccnc1N. The van der Waals surface area contributed by atoms with Crippen LogP contribution in [0.15, 0.2) is 23.2 Å². The predicted molar refractivity (Wildman–Crippen MR) is 69.6 cm³/mol. The highest BCUT2D eigenvalue weighted by Gasteiger charge is 2.29. The summed E-state index contributed by atoms with van der Waals surface area (Å²) in [6.07, 6.45) is 1.46. The second kappa shape index (κ2) is 6.12. The van der Waals surface area contributed by atoms with Gasteiger partial charge in [0.2, 0.25) is 10.0 Å². The molecular formula is C11H19N3O3S. The van der Waals surface area contributed by atoms with Crippen molar-refractivity contribution >= 4 is 15.8 Å². The van der Waals surface area contributed by atoms with Crippen molar-refractivity contribution in [3.63, 3.8) is 0 Å². The maximum atomic E-state index is 12.5. The zero-order valence-electron chi connectivity index (χ0n) is 10.8. The maximum Gasteiger partial charge on any atom is 0.247 e. The van der Waals surface area contributed by atoms with Crippen LogP contribution in [0.4, 0.5) is 5.82 Å². The minimum Gasteiger partial charge on any atom is -0.383 e. The van der Waals surface area contributed by atoms with Crippen molar-refractivity contribution in [1.82, 2.24) is 9.29 Å². The largest absolute Gasteiger partial charge is 0.383 e. The van der Waals surface area contributed by atoms with Crippen molar-refractivity contribution in [1.29, 1.82) is 0 Å². The van der Waals surface area contributed by atoms with Gasteiger partial charge < -0.3 is 10.5 Å². The smallest absolute Gasteiger partial charge is 0.247 e. The molecule has 0 radical (unpaired) electrons. The Labute approximate surface area is 108 Å². The molecule has 6 nitrogen and oxygen atoms in total. The molecule has 1 atom stereocenters. The van der Waals surface area contributed by atoms with E-state index in [0.29, 0.717) is 13.2 Å². The first kappa shape index (κ1) is 14.9. The van der Waals surface area contributed by atoms with Crippen LogP contribution in [0, 0.1) is 0 Å². The van der Waals surface area contributed by atoms with Crippen molar-refractivity contribution in [2.45, 2.75) is 24.8 Å². The summed E-state index contributed by atoms with van der Waals surface area (Å²) in [6.45, 7) is 4.24. The van der Waals surface area contributed by atoms with Crippen LogP contribution in [0.3, 0.4) is 0 Å². The molecule has 0 aromatic carbocycles. The van der Waals surface area contributed by atoms with Gasteiger partial charge in [-0.1, -0.05) is 6.92 Å². The molecule has 0 bridgehead atoms. The van der Waals surface area contributed by atoms with Crippen molar-refractivity contribution in [2.24, 2.45) is 0 Å². The van der Waals surface area contributed by atoms with Crippen LogP contribution in [-0.4, -0.2) is 44.0 Å². The highest BCUT2D eigenvalue weighted by molar-refractivity contribution is 7.89. The van der Waals surface area contributed by atoms with Gasteiger partial charge in [0.15, 0.2) is 0 Å². The Balaban J connectivity index is 3.15. The van der Waals surface area contributed by atoms with Crippen molar-refractivity contribution < 1.29 is 13.2 Å². The maximum absolute atomic E-state index is 12.5. The van der Waals surface area contributed by atoms with Gasteiger partial charge in [0.05, 0.1) is 6.61 Å². The molecule has 0 saturated carbocycles. The fourth-order valence-corrected chi connectivity index (χ4v) is 3.48. The van der Waals surface area contributed by atoms with Crippen LogP contribution >= 0.6 is 0 Å². The third kappa shape index (κ3) is 2.98. The summed E-state index contributed by atoms with van der Waals surface area (Å²) in [5.74, 6) is 0.0144. The summed E-state index contributed by atoms with van der Waals surface area (Å²) in [5.41, 5.74) is 5.63. The van der Waals surface area contributed by atoms with Crippen LogP contribution in [0.5, 0.6) is 0 Å². The third-order valence-electron chi connectivity index (χ3n) is 2.60. The molecule has 0 spiro atoms. The molecule has 102 valence electrons. The van der Waals surface area contributed by atoms with Crippen LogP contribution in [-0.2, 0) is 14.8 Å². The number of likely N-dealkylation sites (N-methyl/N-ethyl adjacent to an activating group) is 1. The van der Waals surface area contributed by atoms with E-state index in [0.717, 1.165) is 0 Å². The number of nitrogen functional groups attached to an aromatic ring is 1. The second-order valence-electron chi connectivity index (χ2n) is 3.90. The van der Waals surface area contributed by atoms with Crippen molar-refractivity contribution in [3.8, 4) is 0 Å². The highest BCUT2D eigenvalue weighted by Crippen LogP contribution is 2.21. The van der Waals surface area contributed by atoms with E-state index in [1.807, 2.05) is 0 Å². The number of rotatable bonds is 6. The summed E-state index contributed by atoms with van der Waals surface area (Å²) >= 11 is 0. The van der Waals surface area contributed by atoms with E-state index in [2.05, 4.69) is 4.98 Å². The summed E-state index contributed by atoms with van der Waals surface area (Å²) in [6, 6.07) is 2.75. The van der Waals surface area contributed by atoms with Gasteiger partial charge in [0.25, 0.3) is 0 Å². The summed E-state index contributed by atoms with van der Waals surface area (Å²) in [4.78, 5) is 3.84. The average molecular weight is 273 g/mol. The van der Waals surface area contributed by atoms with E-state index >= 15 is 0 Å². The highest BCUT2D eigenvalue weighted by atomic mass is 32.2. The molecule has 0 aliphatic rings. The van der Waals surface area contributed by atoms with Crippen molar-refractivity contribution in [2.75, 3.05) is 26.0 Å². The molecule has 1 unspecified atom stereocenters. The van der Waals surface area contributed by atoms with E-state index in [-0.39, 0.29) is 16.8 Å². The summed E-state index contributed by atoms with van der Waals surface area (Å²) in [5, 5.41) is 0. The number of sulfonamides is 1. The minimum absolute atomic E-state index is 0.0144. The number of aromatic nitrogens is 1. The molecule has 0 aliphatic carbocycles. The lowest BCUT2D eigenvalue weighted by Crippen LogP contribution is -2.41. The van der Waals surface area contributed by atoms with E-state index < -0.39 is 10.0 Å². The van der Waals surface area contributed by atoms with E-state index in [4.69, 9.17) is 10.5 Å². The lowest BCUT2D eigenvalue weighted by Gasteiger charge is -2.26. The first-order chi connectivity index (χ1) is 8.45. The van der Waals surface area contributed by atoms with Gasteiger partial charge in [0.1, 0.15) is 10.7 Å². The molecule has 18 heavy (non-hydrogen) atoms. The zero-order chi connectivity index (χ0) is 13.8. The Bertz CT molecular complexity index is 490. The van der Waals surface area contributed by atoms with Crippen LogP contribution in [0.2, 0.25) is 0 Å². The molecule has 1 aromatic rings. The van der Waals surface area contributed by atoms with E-state index in [1.165, 1.54) is 23.7 Å². The minimum atomic E-state index is -3.64. The Hall–Kier alpha value is -1.18. The van der Waals surface area contributed by atoms with Gasteiger partial charge in [-0.05, 0) is 19.1 Å². The zero-order valence-corrected chi connectivity index (χ0v) is 11.6. The van der Waals surface area contributed by atoms with Crippen LogP contribution in [0.25, 0.3) is 0 Å². The fraction of sp³-hybridized carbons (Fsp3) is 0.545. The second-order valence-corrected chi connectivity index (χ2v) is 5.76. The lowest BCUT2D eigenvalue weighted by molar-refractivity contribution is 0.142. The number of hydrogen-bond donors (Lipinski definition) is 1. The monoisotopic (exact) mass is 273 g/mol. The number of methoxy groups -OCH3 is 1. The number of nitrogens with zero attached hydrogens (tertiary/aromatic N) is 2. The number of pyridine rings is 1. The molecule has 1 heterocycles. The molecule has 0 fully saturated rings. The van der Waals surface area contributed by atoms with Crippen LogP contribution in [0.1, 0.15) is 13.8 Å². The van der Waals surface area contributed by atoms with Gasteiger partial charge in [-0.3, -0.25) is 0 Å². The quantitative estimate of drug-likeness (QED) is 0.825. The van der Waals surface area contributed by atoms with E-state index in [9.17, 15) is 8.42 Å². The molecule has 0 amide bonds. The molecule has 1 rings (SSSR count). The first-order valence-electron chi connectivity index (χ1n) is 5.66. The Morgan fingerprint density at radius 1 is 1.56 bits per heavy atom. The number of ether oxygens (including phenoxy) is 1. The van der Waals surface area contributed by atoms with E-state index in [1.54, 1.807) is 19.9 Å². The normalized spacial score (nSPS) is 13.8. The Morgan fingerprint density at radius 2 is 2.22 bits per heavy atom. The van der Waals surface area contributed by atoms with Gasteiger partial charge in [-0.25, -0.2) is 13.4 Å². The molecule has 0 saturated heterocycles. The van der Waals surface area contributed by atoms with Gasteiger partial charge in [-0.15, -0.1) is 0 Å².